The first-order chi connectivity index (χ1) is 12.0. The van der Waals surface area contributed by atoms with Crippen molar-refractivity contribution in [2.75, 3.05) is 0 Å². The second-order valence-electron chi connectivity index (χ2n) is 5.62. The van der Waals surface area contributed by atoms with E-state index in [2.05, 4.69) is 10.3 Å². The van der Waals surface area contributed by atoms with Crippen molar-refractivity contribution in [1.29, 1.82) is 0 Å². The molecule has 2 N–H and O–H groups in total. The number of non-ortho nitro benzene ring substituents is 1. The third kappa shape index (κ3) is 3.25. The van der Waals surface area contributed by atoms with E-state index in [-0.39, 0.29) is 17.3 Å². The minimum absolute atomic E-state index is 0.108. The van der Waals surface area contributed by atoms with Gasteiger partial charge in [0.25, 0.3) is 17.4 Å². The second-order valence-corrected chi connectivity index (χ2v) is 5.62. The highest BCUT2D eigenvalue weighted by molar-refractivity contribution is 6.45. The molecule has 0 saturated carbocycles. The Labute approximate surface area is 142 Å². The van der Waals surface area contributed by atoms with Crippen molar-refractivity contribution in [2.24, 2.45) is 0 Å². The van der Waals surface area contributed by atoms with E-state index in [0.29, 0.717) is 10.9 Å². The van der Waals surface area contributed by atoms with E-state index in [1.165, 1.54) is 24.4 Å². The molecule has 0 radical (unpaired) electrons. The zero-order chi connectivity index (χ0) is 18.0. The van der Waals surface area contributed by atoms with E-state index in [0.717, 1.165) is 5.56 Å². The lowest BCUT2D eigenvalue weighted by atomic mass is 10.1. The summed E-state index contributed by atoms with van der Waals surface area (Å²) >= 11 is 0. The van der Waals surface area contributed by atoms with Crippen LogP contribution >= 0.6 is 0 Å². The zero-order valence-electron chi connectivity index (χ0n) is 13.4. The van der Waals surface area contributed by atoms with Crippen molar-refractivity contribution in [3.8, 4) is 0 Å². The summed E-state index contributed by atoms with van der Waals surface area (Å²) < 4.78 is 0. The van der Waals surface area contributed by atoms with Gasteiger partial charge in [-0.2, -0.15) is 0 Å². The number of ketones is 1. The quantitative estimate of drug-likeness (QED) is 0.323. The fourth-order valence-electron chi connectivity index (χ4n) is 2.62. The highest BCUT2D eigenvalue weighted by Gasteiger charge is 2.23. The van der Waals surface area contributed by atoms with Gasteiger partial charge in [0.05, 0.1) is 16.5 Å². The van der Waals surface area contributed by atoms with E-state index in [9.17, 15) is 19.7 Å². The number of nitro benzene ring substituents is 1. The molecule has 25 heavy (non-hydrogen) atoms. The number of carbonyl (C=O) groups is 2. The fourth-order valence-corrected chi connectivity index (χ4v) is 2.62. The first kappa shape index (κ1) is 16.4. The average molecular weight is 337 g/mol. The molecule has 0 unspecified atom stereocenters. The molecule has 0 bridgehead atoms. The number of hydrogen-bond acceptors (Lipinski definition) is 4. The first-order valence-corrected chi connectivity index (χ1v) is 7.63. The van der Waals surface area contributed by atoms with E-state index >= 15 is 0 Å². The van der Waals surface area contributed by atoms with Gasteiger partial charge in [-0.15, -0.1) is 0 Å². The lowest BCUT2D eigenvalue weighted by Gasteiger charge is -2.13. The number of amides is 1. The van der Waals surface area contributed by atoms with Crippen LogP contribution in [0.3, 0.4) is 0 Å². The smallest absolute Gasteiger partial charge is 0.292 e. The molecule has 3 aromatic rings. The molecule has 3 rings (SSSR count). The molecule has 0 fully saturated rings. The molecule has 1 amide bonds. The number of fused-ring (bicyclic) bond motifs is 1. The van der Waals surface area contributed by atoms with Gasteiger partial charge in [0.2, 0.25) is 0 Å². The van der Waals surface area contributed by atoms with E-state index in [1.54, 1.807) is 6.92 Å². The minimum Gasteiger partial charge on any atom is -0.360 e. The average Bonchev–Trinajstić information content (AvgIpc) is 3.04. The number of benzene rings is 2. The van der Waals surface area contributed by atoms with Crippen molar-refractivity contribution in [3.63, 3.8) is 0 Å². The third-order valence-corrected chi connectivity index (χ3v) is 3.97. The molecular formula is C18H15N3O4. The van der Waals surface area contributed by atoms with Gasteiger partial charge in [0.15, 0.2) is 0 Å². The van der Waals surface area contributed by atoms with Crippen molar-refractivity contribution < 1.29 is 14.5 Å². The number of nitrogens with one attached hydrogen (secondary N) is 2. The number of nitro groups is 1. The molecule has 126 valence electrons. The van der Waals surface area contributed by atoms with Crippen molar-refractivity contribution in [2.45, 2.75) is 13.0 Å². The molecule has 7 nitrogen and oxygen atoms in total. The van der Waals surface area contributed by atoms with Gasteiger partial charge in [-0.3, -0.25) is 19.7 Å². The van der Waals surface area contributed by atoms with Gasteiger partial charge in [-0.05, 0) is 18.6 Å². The zero-order valence-corrected chi connectivity index (χ0v) is 13.4. The molecular weight excluding hydrogens is 322 g/mol. The molecule has 7 heteroatoms. The summed E-state index contributed by atoms with van der Waals surface area (Å²) in [7, 11) is 0. The Bertz CT molecular complexity index is 963. The normalized spacial score (nSPS) is 11.9. The van der Waals surface area contributed by atoms with Crippen LogP contribution in [0.2, 0.25) is 0 Å². The van der Waals surface area contributed by atoms with Crippen LogP contribution < -0.4 is 5.32 Å². The summed E-state index contributed by atoms with van der Waals surface area (Å²) in [5.74, 6) is -1.50. The summed E-state index contributed by atoms with van der Waals surface area (Å²) in [4.78, 5) is 38.0. The molecule has 0 aliphatic rings. The lowest BCUT2D eigenvalue weighted by Crippen LogP contribution is -2.33. The summed E-state index contributed by atoms with van der Waals surface area (Å²) in [5.41, 5.74) is 1.40. The third-order valence-electron chi connectivity index (χ3n) is 3.97. The van der Waals surface area contributed by atoms with Crippen LogP contribution in [0.5, 0.6) is 0 Å². The number of aromatic amines is 1. The van der Waals surface area contributed by atoms with Gasteiger partial charge < -0.3 is 10.3 Å². The van der Waals surface area contributed by atoms with Gasteiger partial charge in [0, 0.05) is 29.2 Å². The van der Waals surface area contributed by atoms with E-state index < -0.39 is 16.6 Å². The SMILES string of the molecule is C[C@H](NC(=O)C(=O)c1c[nH]c2ccc([N+](=O)[O-])cc12)c1ccccc1. The fraction of sp³-hybridized carbons (Fsp3) is 0.111. The summed E-state index contributed by atoms with van der Waals surface area (Å²) in [5, 5.41) is 13.9. The monoisotopic (exact) mass is 337 g/mol. The van der Waals surface area contributed by atoms with Crippen LogP contribution in [-0.2, 0) is 4.79 Å². The Morgan fingerprint density at radius 3 is 2.56 bits per heavy atom. The molecule has 2 aromatic carbocycles. The van der Waals surface area contributed by atoms with Crippen LogP contribution in [0.25, 0.3) is 10.9 Å². The van der Waals surface area contributed by atoms with Gasteiger partial charge in [-0.1, -0.05) is 30.3 Å². The topological polar surface area (TPSA) is 105 Å². The number of nitrogens with zero attached hydrogens (tertiary/aromatic N) is 1. The number of aromatic nitrogens is 1. The summed E-state index contributed by atoms with van der Waals surface area (Å²) in [6.45, 7) is 1.78. The summed E-state index contributed by atoms with van der Waals surface area (Å²) in [6.07, 6.45) is 1.39. The number of Topliss-reactive ketones (excluding diaryl/α,β-unsaturated/α-hetero) is 1. The standard InChI is InChI=1S/C18H15N3O4/c1-11(12-5-3-2-4-6-12)20-18(23)17(22)15-10-19-16-8-7-13(21(24)25)9-14(15)16/h2-11,19H,1H3,(H,20,23)/t11-/m0/s1. The van der Waals surface area contributed by atoms with E-state index in [4.69, 9.17) is 0 Å². The minimum atomic E-state index is -0.760. The number of rotatable bonds is 5. The maximum atomic E-state index is 12.5. The highest BCUT2D eigenvalue weighted by Crippen LogP contribution is 2.24. The maximum absolute atomic E-state index is 12.5. The largest absolute Gasteiger partial charge is 0.360 e. The Hall–Kier alpha value is -3.48. The van der Waals surface area contributed by atoms with Crippen LogP contribution in [0.4, 0.5) is 5.69 Å². The van der Waals surface area contributed by atoms with Crippen molar-refractivity contribution in [3.05, 3.63) is 76.0 Å². The van der Waals surface area contributed by atoms with Crippen molar-refractivity contribution in [1.82, 2.24) is 10.3 Å². The molecule has 1 heterocycles. The van der Waals surface area contributed by atoms with Crippen LogP contribution in [0.1, 0.15) is 28.9 Å². The highest BCUT2D eigenvalue weighted by atomic mass is 16.6. The van der Waals surface area contributed by atoms with Gasteiger partial charge in [-0.25, -0.2) is 0 Å². The molecule has 0 aliphatic carbocycles. The molecule has 0 spiro atoms. The first-order valence-electron chi connectivity index (χ1n) is 7.63. The predicted octanol–water partition coefficient (Wildman–Crippen LogP) is 3.14. The van der Waals surface area contributed by atoms with Crippen molar-refractivity contribution >= 4 is 28.3 Å². The molecule has 0 saturated heterocycles. The Morgan fingerprint density at radius 2 is 1.88 bits per heavy atom. The van der Waals surface area contributed by atoms with Crippen LogP contribution in [0, 0.1) is 10.1 Å². The second kappa shape index (κ2) is 6.56. The predicted molar refractivity (Wildman–Crippen MR) is 92.3 cm³/mol. The lowest BCUT2D eigenvalue weighted by molar-refractivity contribution is -0.384. The molecule has 0 aliphatic heterocycles. The number of H-pyrrole nitrogens is 1. The Balaban J connectivity index is 1.85. The Morgan fingerprint density at radius 1 is 1.16 bits per heavy atom. The molecule has 1 aromatic heterocycles. The van der Waals surface area contributed by atoms with E-state index in [1.807, 2.05) is 30.3 Å². The summed E-state index contributed by atoms with van der Waals surface area (Å²) in [6, 6.07) is 13.1. The number of carbonyl (C=O) groups excluding carboxylic acids is 2. The van der Waals surface area contributed by atoms with Crippen LogP contribution in [0.15, 0.2) is 54.7 Å². The van der Waals surface area contributed by atoms with Gasteiger partial charge in [0.1, 0.15) is 0 Å². The molecule has 1 atom stereocenters. The number of hydrogen-bond donors (Lipinski definition) is 2. The van der Waals surface area contributed by atoms with Gasteiger partial charge >= 0.3 is 0 Å². The Kier molecular flexibility index (Phi) is 4.30. The maximum Gasteiger partial charge on any atom is 0.292 e. The van der Waals surface area contributed by atoms with Crippen LogP contribution in [-0.4, -0.2) is 21.6 Å².